The van der Waals surface area contributed by atoms with Crippen molar-refractivity contribution in [3.63, 3.8) is 0 Å². The van der Waals surface area contributed by atoms with Gasteiger partial charge in [0.2, 0.25) is 0 Å². The Morgan fingerprint density at radius 1 is 0.321 bits per heavy atom. The molecular weight excluding hydrogens is 976 g/mol. The van der Waals surface area contributed by atoms with Crippen molar-refractivity contribution in [3.05, 3.63) is 229 Å². The van der Waals surface area contributed by atoms with Crippen molar-refractivity contribution in [2.75, 3.05) is 0 Å². The molecule has 3 aromatic heterocycles. The summed E-state index contributed by atoms with van der Waals surface area (Å²) in [6.45, 7) is 0. The molecule has 0 radical (unpaired) electrons. The van der Waals surface area contributed by atoms with Gasteiger partial charge in [0.15, 0.2) is 34.9 Å². The minimum Gasteiger partial charge on any atom is -0.208 e. The van der Waals surface area contributed by atoms with E-state index in [0.717, 1.165) is 39.7 Å². The van der Waals surface area contributed by atoms with Gasteiger partial charge in [-0.1, -0.05) is 170 Å². The van der Waals surface area contributed by atoms with Crippen LogP contribution in [0.1, 0.15) is 43.2 Å². The van der Waals surface area contributed by atoms with Crippen molar-refractivity contribution in [2.45, 2.75) is 37.5 Å². The molecule has 1 spiro atoms. The maximum Gasteiger partial charge on any atom is 0.167 e. The molecule has 4 fully saturated rings. The zero-order chi connectivity index (χ0) is 51.5. The van der Waals surface area contributed by atoms with Crippen LogP contribution in [0.2, 0.25) is 0 Å². The third-order valence-corrected chi connectivity index (χ3v) is 18.8. The molecule has 17 rings (SSSR count). The Hall–Kier alpha value is -8.85. The van der Waals surface area contributed by atoms with Gasteiger partial charge in [0, 0.05) is 53.4 Å². The van der Waals surface area contributed by atoms with E-state index in [4.69, 9.17) is 29.9 Å². The Kier molecular flexibility index (Phi) is 10.4. The molecule has 372 valence electrons. The van der Waals surface area contributed by atoms with Crippen LogP contribution in [0.3, 0.4) is 0 Å². The predicted molar refractivity (Wildman–Crippen MR) is 313 cm³/mol. The van der Waals surface area contributed by atoms with Crippen LogP contribution in [-0.2, 0) is 5.41 Å². The molecule has 0 amide bonds. The molecule has 12 aromatic rings. The van der Waals surface area contributed by atoms with Crippen LogP contribution in [0.5, 0.6) is 0 Å². The second-order valence-electron chi connectivity index (χ2n) is 22.0. The van der Waals surface area contributed by atoms with Gasteiger partial charge in [0.25, 0.3) is 0 Å². The second kappa shape index (κ2) is 17.9. The van der Waals surface area contributed by atoms with E-state index in [1.165, 1.54) is 85.7 Å². The van der Waals surface area contributed by atoms with Gasteiger partial charge >= 0.3 is 0 Å². The van der Waals surface area contributed by atoms with Gasteiger partial charge < -0.3 is 0 Å². The fourth-order valence-corrected chi connectivity index (χ4v) is 15.6. The largest absolute Gasteiger partial charge is 0.208 e. The zero-order valence-electron chi connectivity index (χ0n) is 42.5. The summed E-state index contributed by atoms with van der Waals surface area (Å²) in [6, 6.07) is 73.2. The lowest BCUT2D eigenvalue weighted by atomic mass is 9.43. The highest BCUT2D eigenvalue weighted by Crippen LogP contribution is 2.70. The molecule has 5 aliphatic carbocycles. The van der Waals surface area contributed by atoms with Crippen molar-refractivity contribution in [1.82, 2.24) is 29.9 Å². The van der Waals surface area contributed by atoms with Crippen molar-refractivity contribution >= 4 is 31.5 Å². The quantitative estimate of drug-likeness (QED) is 0.151. The Balaban J connectivity index is 0.928. The summed E-state index contributed by atoms with van der Waals surface area (Å²) in [5.41, 5.74) is 13.4. The highest BCUT2D eigenvalue weighted by Gasteiger charge is 2.61. The Bertz CT molecular complexity index is 4210. The smallest absolute Gasteiger partial charge is 0.167 e. The van der Waals surface area contributed by atoms with Crippen molar-refractivity contribution < 1.29 is 4.39 Å². The lowest BCUT2D eigenvalue weighted by Crippen LogP contribution is -2.55. The molecule has 0 atom stereocenters. The monoisotopic (exact) mass is 1020 g/mol. The summed E-state index contributed by atoms with van der Waals surface area (Å²) in [5.74, 6) is 4.84. The van der Waals surface area contributed by atoms with Gasteiger partial charge in [-0.25, -0.2) is 34.3 Å². The fraction of sp³-hybridized carbons (Fsp3) is 0.143. The van der Waals surface area contributed by atoms with Crippen LogP contribution in [0, 0.1) is 29.5 Å². The van der Waals surface area contributed by atoms with Gasteiger partial charge in [-0.15, -0.1) is 11.3 Å². The molecule has 9 aromatic carbocycles. The third-order valence-electron chi connectivity index (χ3n) is 17.7. The lowest BCUT2D eigenvalue weighted by molar-refractivity contribution is -0.0399. The van der Waals surface area contributed by atoms with Crippen molar-refractivity contribution in [2.24, 2.45) is 23.7 Å². The molecule has 0 unspecified atom stereocenters. The minimum atomic E-state index is -0.462. The van der Waals surface area contributed by atoms with Crippen LogP contribution in [0.15, 0.2) is 212 Å². The van der Waals surface area contributed by atoms with E-state index in [1.807, 2.05) is 139 Å². The highest BCUT2D eigenvalue weighted by molar-refractivity contribution is 7.25. The summed E-state index contributed by atoms with van der Waals surface area (Å²) >= 11 is 1.85. The Morgan fingerprint density at radius 2 is 0.744 bits per heavy atom. The number of hydrogen-bond donors (Lipinski definition) is 0. The fourth-order valence-electron chi connectivity index (χ4n) is 14.5. The molecule has 4 bridgehead atoms. The van der Waals surface area contributed by atoms with E-state index >= 15 is 4.39 Å². The molecule has 0 aliphatic heterocycles. The van der Waals surface area contributed by atoms with Gasteiger partial charge in [0.1, 0.15) is 5.82 Å². The molecule has 0 saturated heterocycles. The van der Waals surface area contributed by atoms with Gasteiger partial charge in [-0.05, 0) is 143 Å². The normalized spacial score (nSPS) is 19.7. The Labute approximate surface area is 455 Å². The topological polar surface area (TPSA) is 77.3 Å². The number of aromatic nitrogens is 6. The summed E-state index contributed by atoms with van der Waals surface area (Å²) in [4.78, 5) is 30.7. The minimum absolute atomic E-state index is 0.0738. The first-order valence-corrected chi connectivity index (χ1v) is 28.1. The second-order valence-corrected chi connectivity index (χ2v) is 23.0. The standard InChI is InChI=1S/C70H49FN6S/c71-61-40-53(49-26-29-60-55(38-49)54-36-47(48-27-30-63-56(37-48)52-23-13-14-24-62(52)78-63)25-28-59(54)70(60)50-32-41-31-42(34-50)35-51(70)33-41)57(68-74-64(43-15-5-1-6-16-43)72-65(75-68)44-17-7-2-8-18-44)39-58(61)69-76-66(45-19-9-3-10-20-45)73-67(77-69)46-21-11-4-12-22-46/h1-30,36-42,50-51H,31-35H2. The SMILES string of the molecule is Fc1cc(-c2ccc3c(c2)-c2cc(-c4ccc5sc6ccccc6c5c4)ccc2C32C3CC4CC(C3)CC2C4)c(-c2nc(-c3ccccc3)nc(-c3ccccc3)n2)cc1-c1nc(-c2ccccc2)nc(-c2ccccc2)n1. The highest BCUT2D eigenvalue weighted by atomic mass is 32.1. The first-order chi connectivity index (χ1) is 38.5. The number of thiophene rings is 1. The van der Waals surface area contributed by atoms with Gasteiger partial charge in [-0.3, -0.25) is 0 Å². The van der Waals surface area contributed by atoms with E-state index in [9.17, 15) is 0 Å². The van der Waals surface area contributed by atoms with Crippen molar-refractivity contribution in [3.8, 4) is 102 Å². The van der Waals surface area contributed by atoms with Crippen LogP contribution < -0.4 is 0 Å². The van der Waals surface area contributed by atoms with Crippen LogP contribution in [0.25, 0.3) is 122 Å². The summed E-state index contributed by atoms with van der Waals surface area (Å²) in [7, 11) is 0. The summed E-state index contributed by atoms with van der Waals surface area (Å²) in [6.07, 6.45) is 6.48. The van der Waals surface area contributed by atoms with E-state index in [2.05, 4.69) is 78.9 Å². The van der Waals surface area contributed by atoms with E-state index in [-0.39, 0.29) is 16.8 Å². The zero-order valence-corrected chi connectivity index (χ0v) is 43.3. The maximum atomic E-state index is 17.9. The van der Waals surface area contributed by atoms with Crippen LogP contribution in [0.4, 0.5) is 4.39 Å². The first-order valence-electron chi connectivity index (χ1n) is 27.3. The molecule has 78 heavy (non-hydrogen) atoms. The predicted octanol–water partition coefficient (Wildman–Crippen LogP) is 17.6. The Morgan fingerprint density at radius 3 is 1.28 bits per heavy atom. The van der Waals surface area contributed by atoms with Gasteiger partial charge in [0.05, 0.1) is 5.56 Å². The van der Waals surface area contributed by atoms with E-state index in [0.29, 0.717) is 52.1 Å². The van der Waals surface area contributed by atoms with Crippen molar-refractivity contribution in [1.29, 1.82) is 0 Å². The number of nitrogens with zero attached hydrogens (tertiary/aromatic N) is 6. The molecule has 0 N–H and O–H groups in total. The number of halogens is 1. The van der Waals surface area contributed by atoms with Crippen LogP contribution in [-0.4, -0.2) is 29.9 Å². The molecule has 4 saturated carbocycles. The molecule has 5 aliphatic rings. The van der Waals surface area contributed by atoms with Crippen LogP contribution >= 0.6 is 11.3 Å². The molecule has 3 heterocycles. The summed E-state index contributed by atoms with van der Waals surface area (Å²) in [5, 5.41) is 2.59. The maximum absolute atomic E-state index is 17.9. The lowest BCUT2D eigenvalue weighted by Gasteiger charge is -2.61. The number of hydrogen-bond acceptors (Lipinski definition) is 7. The van der Waals surface area contributed by atoms with E-state index < -0.39 is 5.82 Å². The number of rotatable bonds is 8. The molecule has 6 nitrogen and oxygen atoms in total. The van der Waals surface area contributed by atoms with Gasteiger partial charge in [-0.2, -0.15) is 0 Å². The average molecular weight is 1030 g/mol. The average Bonchev–Trinajstić information content (AvgIpc) is 4.07. The summed E-state index contributed by atoms with van der Waals surface area (Å²) < 4.78 is 20.5. The number of fused-ring (bicyclic) bond motifs is 6. The first kappa shape index (κ1) is 45.4. The third kappa shape index (κ3) is 7.26. The molecular formula is C70H49FN6S. The molecule has 8 heteroatoms. The van der Waals surface area contributed by atoms with E-state index in [1.54, 1.807) is 6.07 Å². The number of benzene rings is 9.